The van der Waals surface area contributed by atoms with Crippen molar-refractivity contribution in [2.24, 2.45) is 0 Å². The van der Waals surface area contributed by atoms with E-state index in [4.69, 9.17) is 5.73 Å². The summed E-state index contributed by atoms with van der Waals surface area (Å²) in [6.07, 6.45) is 6.02. The van der Waals surface area contributed by atoms with Crippen molar-refractivity contribution < 1.29 is 0 Å². The van der Waals surface area contributed by atoms with E-state index in [1.807, 2.05) is 6.07 Å². The SMILES string of the molecule is Nc1cccc2c1CCCN2CCCCc1ccccc1. The Kier molecular flexibility index (Phi) is 4.44. The fourth-order valence-corrected chi connectivity index (χ4v) is 3.24. The van der Waals surface area contributed by atoms with Gasteiger partial charge in [0.2, 0.25) is 0 Å². The molecular weight excluding hydrogens is 256 g/mol. The van der Waals surface area contributed by atoms with Gasteiger partial charge in [0.1, 0.15) is 0 Å². The summed E-state index contributed by atoms with van der Waals surface area (Å²) in [5.41, 5.74) is 11.2. The van der Waals surface area contributed by atoms with E-state index in [0.29, 0.717) is 0 Å². The minimum absolute atomic E-state index is 0.960. The molecule has 0 spiro atoms. The first-order valence-electron chi connectivity index (χ1n) is 8.01. The Hall–Kier alpha value is -1.96. The molecule has 0 bridgehead atoms. The van der Waals surface area contributed by atoms with Crippen LogP contribution in [0.2, 0.25) is 0 Å². The van der Waals surface area contributed by atoms with E-state index >= 15 is 0 Å². The molecular formula is C19H24N2. The molecule has 0 aliphatic carbocycles. The topological polar surface area (TPSA) is 29.3 Å². The van der Waals surface area contributed by atoms with Crippen LogP contribution >= 0.6 is 0 Å². The van der Waals surface area contributed by atoms with Gasteiger partial charge in [-0.25, -0.2) is 0 Å². The summed E-state index contributed by atoms with van der Waals surface area (Å²) in [5.74, 6) is 0. The summed E-state index contributed by atoms with van der Waals surface area (Å²) in [5, 5.41) is 0. The number of fused-ring (bicyclic) bond motifs is 1. The fraction of sp³-hybridized carbons (Fsp3) is 0.368. The Morgan fingerprint density at radius 1 is 0.952 bits per heavy atom. The standard InChI is InChI=1S/C19H24N2/c20-18-12-6-13-19-17(18)11-7-15-21(19)14-5-4-10-16-8-2-1-3-9-16/h1-3,6,8-9,12-13H,4-5,7,10-11,14-15,20H2. The summed E-state index contributed by atoms with van der Waals surface area (Å²) in [7, 11) is 0. The highest BCUT2D eigenvalue weighted by Crippen LogP contribution is 2.31. The number of hydrogen-bond donors (Lipinski definition) is 1. The van der Waals surface area contributed by atoms with Gasteiger partial charge in [-0.1, -0.05) is 36.4 Å². The van der Waals surface area contributed by atoms with Gasteiger partial charge in [-0.15, -0.1) is 0 Å². The fourth-order valence-electron chi connectivity index (χ4n) is 3.24. The number of benzene rings is 2. The van der Waals surface area contributed by atoms with Crippen molar-refractivity contribution in [1.82, 2.24) is 0 Å². The van der Waals surface area contributed by atoms with E-state index in [1.165, 1.54) is 49.0 Å². The molecule has 0 fully saturated rings. The van der Waals surface area contributed by atoms with Gasteiger partial charge in [-0.3, -0.25) is 0 Å². The van der Waals surface area contributed by atoms with Crippen molar-refractivity contribution in [2.75, 3.05) is 23.7 Å². The van der Waals surface area contributed by atoms with Crippen LogP contribution in [0.3, 0.4) is 0 Å². The Labute approximate surface area is 127 Å². The third-order valence-corrected chi connectivity index (χ3v) is 4.37. The number of nitrogen functional groups attached to an aromatic ring is 1. The Morgan fingerprint density at radius 3 is 2.67 bits per heavy atom. The van der Waals surface area contributed by atoms with E-state index in [2.05, 4.69) is 47.4 Å². The van der Waals surface area contributed by atoms with Crippen LogP contribution in [-0.4, -0.2) is 13.1 Å². The van der Waals surface area contributed by atoms with Crippen molar-refractivity contribution in [3.05, 3.63) is 59.7 Å². The predicted molar refractivity (Wildman–Crippen MR) is 90.8 cm³/mol. The highest BCUT2D eigenvalue weighted by atomic mass is 15.1. The Balaban J connectivity index is 1.54. The summed E-state index contributed by atoms with van der Waals surface area (Å²) >= 11 is 0. The molecule has 1 aliphatic heterocycles. The normalized spacial score (nSPS) is 14.0. The van der Waals surface area contributed by atoms with Gasteiger partial charge in [0.05, 0.1) is 0 Å². The largest absolute Gasteiger partial charge is 0.398 e. The second kappa shape index (κ2) is 6.66. The maximum Gasteiger partial charge on any atom is 0.0419 e. The number of nitrogens with zero attached hydrogens (tertiary/aromatic N) is 1. The molecule has 2 heteroatoms. The third-order valence-electron chi connectivity index (χ3n) is 4.37. The lowest BCUT2D eigenvalue weighted by Gasteiger charge is -2.32. The molecule has 0 saturated heterocycles. The van der Waals surface area contributed by atoms with Gasteiger partial charge in [0.25, 0.3) is 0 Å². The molecule has 2 aromatic rings. The Morgan fingerprint density at radius 2 is 1.81 bits per heavy atom. The molecule has 2 aromatic carbocycles. The number of aryl methyl sites for hydroxylation is 1. The minimum atomic E-state index is 0.960. The van der Waals surface area contributed by atoms with Gasteiger partial charge in [0, 0.05) is 24.5 Å². The highest BCUT2D eigenvalue weighted by molar-refractivity contribution is 5.66. The average Bonchev–Trinajstić information content (AvgIpc) is 2.53. The molecule has 1 heterocycles. The van der Waals surface area contributed by atoms with E-state index in [-0.39, 0.29) is 0 Å². The number of hydrogen-bond acceptors (Lipinski definition) is 2. The highest BCUT2D eigenvalue weighted by Gasteiger charge is 2.17. The lowest BCUT2D eigenvalue weighted by molar-refractivity contribution is 0.644. The van der Waals surface area contributed by atoms with Crippen molar-refractivity contribution in [3.63, 3.8) is 0 Å². The van der Waals surface area contributed by atoms with E-state index in [1.54, 1.807) is 0 Å². The summed E-state index contributed by atoms with van der Waals surface area (Å²) in [6.45, 7) is 2.31. The van der Waals surface area contributed by atoms with Crippen molar-refractivity contribution in [2.45, 2.75) is 32.1 Å². The summed E-state index contributed by atoms with van der Waals surface area (Å²) < 4.78 is 0. The van der Waals surface area contributed by atoms with Crippen LogP contribution in [-0.2, 0) is 12.8 Å². The number of rotatable bonds is 5. The maximum atomic E-state index is 6.11. The van der Waals surface area contributed by atoms with Gasteiger partial charge in [0.15, 0.2) is 0 Å². The molecule has 21 heavy (non-hydrogen) atoms. The lowest BCUT2D eigenvalue weighted by Crippen LogP contribution is -2.30. The first-order valence-corrected chi connectivity index (χ1v) is 8.01. The first-order chi connectivity index (χ1) is 10.3. The number of anilines is 2. The number of nitrogens with two attached hydrogens (primary N) is 1. The molecule has 0 amide bonds. The van der Waals surface area contributed by atoms with Gasteiger partial charge in [-0.05, 0) is 55.4 Å². The molecule has 0 saturated carbocycles. The minimum Gasteiger partial charge on any atom is -0.398 e. The zero-order chi connectivity index (χ0) is 14.5. The van der Waals surface area contributed by atoms with Gasteiger partial charge >= 0.3 is 0 Å². The van der Waals surface area contributed by atoms with Crippen LogP contribution in [0.15, 0.2) is 48.5 Å². The van der Waals surface area contributed by atoms with Crippen LogP contribution in [0.5, 0.6) is 0 Å². The van der Waals surface area contributed by atoms with Crippen LogP contribution < -0.4 is 10.6 Å². The van der Waals surface area contributed by atoms with E-state index in [0.717, 1.165) is 18.7 Å². The van der Waals surface area contributed by atoms with Gasteiger partial charge in [-0.2, -0.15) is 0 Å². The van der Waals surface area contributed by atoms with E-state index in [9.17, 15) is 0 Å². The zero-order valence-electron chi connectivity index (χ0n) is 12.6. The van der Waals surface area contributed by atoms with Crippen molar-refractivity contribution in [3.8, 4) is 0 Å². The molecule has 110 valence electrons. The molecule has 0 atom stereocenters. The summed E-state index contributed by atoms with van der Waals surface area (Å²) in [4.78, 5) is 2.51. The maximum absolute atomic E-state index is 6.11. The van der Waals surface area contributed by atoms with E-state index < -0.39 is 0 Å². The lowest BCUT2D eigenvalue weighted by atomic mass is 9.99. The second-order valence-electron chi connectivity index (χ2n) is 5.88. The van der Waals surface area contributed by atoms with Crippen LogP contribution in [0.25, 0.3) is 0 Å². The van der Waals surface area contributed by atoms with Gasteiger partial charge < -0.3 is 10.6 Å². The second-order valence-corrected chi connectivity index (χ2v) is 5.88. The summed E-state index contributed by atoms with van der Waals surface area (Å²) in [6, 6.07) is 17.1. The monoisotopic (exact) mass is 280 g/mol. The third kappa shape index (κ3) is 3.38. The number of unbranched alkanes of at least 4 members (excludes halogenated alkanes) is 1. The van der Waals surface area contributed by atoms with Crippen LogP contribution in [0.1, 0.15) is 30.4 Å². The van der Waals surface area contributed by atoms with Crippen LogP contribution in [0.4, 0.5) is 11.4 Å². The molecule has 3 rings (SSSR count). The van der Waals surface area contributed by atoms with Crippen molar-refractivity contribution in [1.29, 1.82) is 0 Å². The molecule has 0 radical (unpaired) electrons. The predicted octanol–water partition coefficient (Wildman–Crippen LogP) is 4.04. The molecule has 0 unspecified atom stereocenters. The Bertz CT molecular complexity index is 577. The van der Waals surface area contributed by atoms with Crippen LogP contribution in [0, 0.1) is 0 Å². The quantitative estimate of drug-likeness (QED) is 0.661. The molecule has 1 aliphatic rings. The first kappa shape index (κ1) is 14.0. The van der Waals surface area contributed by atoms with Crippen molar-refractivity contribution >= 4 is 11.4 Å². The smallest absolute Gasteiger partial charge is 0.0419 e. The average molecular weight is 280 g/mol. The zero-order valence-corrected chi connectivity index (χ0v) is 12.6. The molecule has 2 nitrogen and oxygen atoms in total. The molecule has 2 N–H and O–H groups in total. The molecule has 0 aromatic heterocycles.